The molecule has 218 valence electrons. The van der Waals surface area contributed by atoms with E-state index in [-0.39, 0.29) is 11.8 Å². The highest BCUT2D eigenvalue weighted by Gasteiger charge is 2.13. The van der Waals surface area contributed by atoms with Crippen LogP contribution in [0, 0.1) is 0 Å². The average Bonchev–Trinajstić information content (AvgIpc) is 3.61. The second-order valence-corrected chi connectivity index (χ2v) is 11.2. The monoisotopic (exact) mass is 565 g/mol. The number of rotatable bonds is 12. The Hall–Kier alpha value is -4.47. The highest BCUT2D eigenvalue weighted by molar-refractivity contribution is 6.00. The van der Waals surface area contributed by atoms with Gasteiger partial charge >= 0.3 is 0 Å². The van der Waals surface area contributed by atoms with Gasteiger partial charge in [0.15, 0.2) is 0 Å². The summed E-state index contributed by atoms with van der Waals surface area (Å²) in [7, 11) is 8.10. The van der Waals surface area contributed by atoms with Gasteiger partial charge in [0, 0.05) is 46.0 Å². The molecular formula is C33H39N7O2. The number of aromatic nitrogens is 3. The van der Waals surface area contributed by atoms with Gasteiger partial charge in [0.1, 0.15) is 0 Å². The van der Waals surface area contributed by atoms with Gasteiger partial charge in [-0.1, -0.05) is 6.07 Å². The van der Waals surface area contributed by atoms with Crippen molar-refractivity contribution in [1.82, 2.24) is 35.4 Å². The molecule has 0 atom stereocenters. The largest absolute Gasteiger partial charge is 0.353 e. The fourth-order valence-corrected chi connectivity index (χ4v) is 4.96. The lowest BCUT2D eigenvalue weighted by Crippen LogP contribution is -2.27. The topological polar surface area (TPSA) is 109 Å². The highest BCUT2D eigenvalue weighted by Crippen LogP contribution is 2.28. The van der Waals surface area contributed by atoms with E-state index >= 15 is 0 Å². The van der Waals surface area contributed by atoms with Crippen LogP contribution in [0.15, 0.2) is 66.7 Å². The molecule has 5 aromatic rings. The number of H-pyrrole nitrogens is 2. The van der Waals surface area contributed by atoms with Crippen LogP contribution >= 0.6 is 0 Å². The number of benzene rings is 2. The summed E-state index contributed by atoms with van der Waals surface area (Å²) in [6.45, 7) is 3.15. The second-order valence-electron chi connectivity index (χ2n) is 11.2. The van der Waals surface area contributed by atoms with E-state index in [4.69, 9.17) is 4.98 Å². The zero-order valence-electron chi connectivity index (χ0n) is 24.8. The van der Waals surface area contributed by atoms with Crippen LogP contribution in [0.4, 0.5) is 0 Å². The minimum atomic E-state index is -0.0673. The van der Waals surface area contributed by atoms with Crippen molar-refractivity contribution in [1.29, 1.82) is 0 Å². The van der Waals surface area contributed by atoms with Gasteiger partial charge < -0.3 is 30.4 Å². The SMILES string of the molecule is CN(C)CCCNC(=O)c1ccc2[nH]c(-c3cccc(-c4cc5cc(C(=O)NCCCN(C)C)ccc5[nH]4)n3)cc2c1. The zero-order valence-corrected chi connectivity index (χ0v) is 24.8. The lowest BCUT2D eigenvalue weighted by molar-refractivity contribution is 0.0944. The van der Waals surface area contributed by atoms with Crippen molar-refractivity contribution in [3.63, 3.8) is 0 Å². The zero-order chi connectivity index (χ0) is 29.6. The standard InChI is InChI=1S/C33H39N7O2/c1-39(2)16-6-14-34-32(41)22-10-12-26-24(18-22)20-30(36-26)28-8-5-9-29(38-28)31-21-25-19-23(11-13-27(25)37-31)33(42)35-15-7-17-40(3)4/h5,8-13,18-21,36-37H,6-7,14-17H2,1-4H3,(H,34,41)(H,35,42). The van der Waals surface area contributed by atoms with E-state index in [1.807, 2.05) is 94.9 Å². The lowest BCUT2D eigenvalue weighted by Gasteiger charge is -2.09. The van der Waals surface area contributed by atoms with E-state index in [1.54, 1.807) is 0 Å². The molecule has 0 saturated heterocycles. The van der Waals surface area contributed by atoms with Gasteiger partial charge in [-0.25, -0.2) is 4.98 Å². The van der Waals surface area contributed by atoms with Gasteiger partial charge in [-0.15, -0.1) is 0 Å². The van der Waals surface area contributed by atoms with Gasteiger partial charge in [0.2, 0.25) is 0 Å². The third-order valence-corrected chi connectivity index (χ3v) is 7.20. The number of aromatic amines is 2. The van der Waals surface area contributed by atoms with Crippen LogP contribution in [0.3, 0.4) is 0 Å². The number of pyridine rings is 1. The predicted molar refractivity (Wildman–Crippen MR) is 170 cm³/mol. The lowest BCUT2D eigenvalue weighted by atomic mass is 10.1. The van der Waals surface area contributed by atoms with Gasteiger partial charge in [-0.2, -0.15) is 0 Å². The molecule has 0 spiro atoms. The molecule has 0 aliphatic heterocycles. The maximum Gasteiger partial charge on any atom is 0.251 e. The fourth-order valence-electron chi connectivity index (χ4n) is 4.96. The molecule has 3 aromatic heterocycles. The van der Waals surface area contributed by atoms with E-state index < -0.39 is 0 Å². The van der Waals surface area contributed by atoms with Crippen LogP contribution in [0.5, 0.6) is 0 Å². The fraction of sp³-hybridized carbons (Fsp3) is 0.303. The number of carbonyl (C=O) groups is 2. The summed E-state index contributed by atoms with van der Waals surface area (Å²) in [5.74, 6) is -0.135. The number of nitrogens with one attached hydrogen (secondary N) is 4. The van der Waals surface area contributed by atoms with Crippen molar-refractivity contribution in [2.45, 2.75) is 12.8 Å². The Morgan fingerprint density at radius 1 is 0.667 bits per heavy atom. The first-order valence-corrected chi connectivity index (χ1v) is 14.4. The normalized spacial score (nSPS) is 11.6. The van der Waals surface area contributed by atoms with Crippen molar-refractivity contribution in [2.24, 2.45) is 0 Å². The molecule has 2 aromatic carbocycles. The number of fused-ring (bicyclic) bond motifs is 2. The minimum Gasteiger partial charge on any atom is -0.353 e. The Kier molecular flexibility index (Phi) is 9.00. The van der Waals surface area contributed by atoms with Gasteiger partial charge in [-0.3, -0.25) is 9.59 Å². The summed E-state index contributed by atoms with van der Waals surface area (Å²) in [4.78, 5) is 41.3. The molecular weight excluding hydrogens is 526 g/mol. The minimum absolute atomic E-state index is 0.0673. The summed E-state index contributed by atoms with van der Waals surface area (Å²) in [5, 5.41) is 7.92. The molecule has 0 aliphatic carbocycles. The molecule has 0 bridgehead atoms. The van der Waals surface area contributed by atoms with Crippen molar-refractivity contribution in [3.05, 3.63) is 77.9 Å². The van der Waals surface area contributed by atoms with Crippen molar-refractivity contribution >= 4 is 33.6 Å². The molecule has 42 heavy (non-hydrogen) atoms. The third kappa shape index (κ3) is 7.05. The van der Waals surface area contributed by atoms with Crippen molar-refractivity contribution < 1.29 is 9.59 Å². The average molecular weight is 566 g/mol. The molecule has 2 amide bonds. The van der Waals surface area contributed by atoms with Crippen LogP contribution in [0.25, 0.3) is 44.6 Å². The molecule has 4 N–H and O–H groups in total. The van der Waals surface area contributed by atoms with E-state index in [1.165, 1.54) is 0 Å². The Morgan fingerprint density at radius 2 is 1.12 bits per heavy atom. The Labute approximate surface area is 246 Å². The predicted octanol–water partition coefficient (Wildman–Crippen LogP) is 4.74. The summed E-state index contributed by atoms with van der Waals surface area (Å²) in [6.07, 6.45) is 1.81. The van der Waals surface area contributed by atoms with E-state index in [0.29, 0.717) is 24.2 Å². The first-order chi connectivity index (χ1) is 20.3. The molecule has 3 heterocycles. The number of nitrogens with zero attached hydrogens (tertiary/aromatic N) is 3. The van der Waals surface area contributed by atoms with E-state index in [2.05, 4.69) is 30.4 Å². The van der Waals surface area contributed by atoms with Gasteiger partial charge in [0.05, 0.1) is 22.8 Å². The van der Waals surface area contributed by atoms with Crippen LogP contribution in [0.1, 0.15) is 33.6 Å². The maximum atomic E-state index is 12.7. The first kappa shape index (κ1) is 29.0. The molecule has 9 heteroatoms. The third-order valence-electron chi connectivity index (χ3n) is 7.20. The summed E-state index contributed by atoms with van der Waals surface area (Å²) < 4.78 is 0. The molecule has 0 aliphatic rings. The van der Waals surface area contributed by atoms with Crippen LogP contribution in [0.2, 0.25) is 0 Å². The van der Waals surface area contributed by atoms with Crippen LogP contribution < -0.4 is 10.6 Å². The highest BCUT2D eigenvalue weighted by atomic mass is 16.2. The number of carbonyl (C=O) groups excluding carboxylic acids is 2. The van der Waals surface area contributed by atoms with Crippen molar-refractivity contribution in [3.8, 4) is 22.8 Å². The number of hydrogen-bond acceptors (Lipinski definition) is 5. The first-order valence-electron chi connectivity index (χ1n) is 14.4. The molecule has 5 rings (SSSR count). The molecule has 0 fully saturated rings. The number of amides is 2. The Morgan fingerprint density at radius 3 is 1.55 bits per heavy atom. The molecule has 0 radical (unpaired) electrons. The quantitative estimate of drug-likeness (QED) is 0.163. The maximum absolute atomic E-state index is 12.7. The second kappa shape index (κ2) is 13.0. The van der Waals surface area contributed by atoms with E-state index in [9.17, 15) is 9.59 Å². The number of hydrogen-bond donors (Lipinski definition) is 4. The molecule has 0 saturated carbocycles. The Balaban J connectivity index is 1.30. The van der Waals surface area contributed by atoms with Crippen LogP contribution in [-0.4, -0.2) is 90.9 Å². The smallest absolute Gasteiger partial charge is 0.251 e. The molecule has 9 nitrogen and oxygen atoms in total. The van der Waals surface area contributed by atoms with Crippen molar-refractivity contribution in [2.75, 3.05) is 54.4 Å². The van der Waals surface area contributed by atoms with Gasteiger partial charge in [0.25, 0.3) is 11.8 Å². The van der Waals surface area contributed by atoms with E-state index in [0.717, 1.165) is 70.5 Å². The molecule has 0 unspecified atom stereocenters. The summed E-state index contributed by atoms with van der Waals surface area (Å²) in [6, 6.07) is 21.3. The summed E-state index contributed by atoms with van der Waals surface area (Å²) in [5.41, 5.74) is 6.52. The Bertz CT molecular complexity index is 1580. The van der Waals surface area contributed by atoms with Gasteiger partial charge in [-0.05, 0) is 115 Å². The summed E-state index contributed by atoms with van der Waals surface area (Å²) >= 11 is 0. The van der Waals surface area contributed by atoms with Crippen LogP contribution in [-0.2, 0) is 0 Å².